The van der Waals surface area contributed by atoms with Crippen LogP contribution in [0.25, 0.3) is 0 Å². The van der Waals surface area contributed by atoms with Crippen molar-refractivity contribution in [2.75, 3.05) is 4.67 Å². The van der Waals surface area contributed by atoms with Gasteiger partial charge in [0.1, 0.15) is 12.0 Å². The van der Waals surface area contributed by atoms with E-state index in [2.05, 4.69) is 9.98 Å². The summed E-state index contributed by atoms with van der Waals surface area (Å²) in [5.74, 6) is 0.522. The van der Waals surface area contributed by atoms with E-state index in [0.717, 1.165) is 5.69 Å². The van der Waals surface area contributed by atoms with Crippen molar-refractivity contribution < 1.29 is 9.36 Å². The first-order chi connectivity index (χ1) is 5.74. The fraction of sp³-hybridized carbons (Fsp3) is 0. The number of aromatic nitrogens is 2. The van der Waals surface area contributed by atoms with Gasteiger partial charge in [0.25, 0.3) is 0 Å². The molecule has 2 amide bonds. The van der Waals surface area contributed by atoms with Gasteiger partial charge < -0.3 is 0 Å². The third kappa shape index (κ3) is 0.237. The molecule has 0 aromatic carbocycles. The number of carbonyl (C=O) groups is 1. The van der Waals surface area contributed by atoms with Gasteiger partial charge in [0, 0.05) is 0 Å². The minimum absolute atomic E-state index is 0.438. The fourth-order valence-electron chi connectivity index (χ4n) is 1.87. The van der Waals surface area contributed by atoms with E-state index in [1.807, 2.05) is 0 Å². The molecular formula is C5HN4O2P. The Morgan fingerprint density at radius 1 is 1.50 bits per heavy atom. The summed E-state index contributed by atoms with van der Waals surface area (Å²) in [6, 6.07) is -0.438. The molecule has 0 fully saturated rings. The van der Waals surface area contributed by atoms with Crippen LogP contribution in [0.15, 0.2) is 11.3 Å². The van der Waals surface area contributed by atoms with Gasteiger partial charge in [-0.1, -0.05) is 0 Å². The summed E-state index contributed by atoms with van der Waals surface area (Å²) in [6.07, 6.45) is 1.50. The number of hydrogen-bond donors (Lipinski definition) is 0. The molecule has 1 aromatic rings. The van der Waals surface area contributed by atoms with Gasteiger partial charge in [-0.15, -0.1) is 0 Å². The van der Waals surface area contributed by atoms with Crippen molar-refractivity contribution in [2.24, 2.45) is 4.99 Å². The SMILES string of the molecule is O=C1N=C2c3c4ncn3P2(=O)N14. The highest BCUT2D eigenvalue weighted by Crippen LogP contribution is 2.74. The minimum atomic E-state index is -2.74. The van der Waals surface area contributed by atoms with Crippen molar-refractivity contribution >= 4 is 24.7 Å². The molecule has 0 N–H and O–H groups in total. The van der Waals surface area contributed by atoms with Crippen molar-refractivity contribution in [3.63, 3.8) is 0 Å². The van der Waals surface area contributed by atoms with E-state index in [4.69, 9.17) is 0 Å². The van der Waals surface area contributed by atoms with Gasteiger partial charge in [0.05, 0.1) is 0 Å². The van der Waals surface area contributed by atoms with Crippen LogP contribution in [0.2, 0.25) is 0 Å². The van der Waals surface area contributed by atoms with Crippen molar-refractivity contribution in [1.82, 2.24) is 9.32 Å². The number of amides is 2. The van der Waals surface area contributed by atoms with E-state index in [9.17, 15) is 9.36 Å². The van der Waals surface area contributed by atoms with E-state index in [-0.39, 0.29) is 0 Å². The predicted octanol–water partition coefficient (Wildman–Crippen LogP) is 0.638. The van der Waals surface area contributed by atoms with E-state index in [1.165, 1.54) is 11.0 Å². The van der Waals surface area contributed by atoms with Crippen LogP contribution in [-0.2, 0) is 4.57 Å². The highest BCUT2D eigenvalue weighted by molar-refractivity contribution is 7.86. The molecule has 1 atom stereocenters. The Balaban J connectivity index is 2.35. The largest absolute Gasteiger partial charge is 0.357 e. The molecule has 6 bridgehead atoms. The predicted molar refractivity (Wildman–Crippen MR) is 39.6 cm³/mol. The zero-order chi connectivity index (χ0) is 8.09. The number of nitrogens with zero attached hydrogens (tertiary/aromatic N) is 4. The number of carbonyl (C=O) groups excluding carboxylic acids is 1. The average molecular weight is 180 g/mol. The summed E-state index contributed by atoms with van der Waals surface area (Å²) in [7, 11) is -2.74. The van der Waals surface area contributed by atoms with Gasteiger partial charge in [0.15, 0.2) is 11.3 Å². The van der Waals surface area contributed by atoms with Crippen molar-refractivity contribution in [3.05, 3.63) is 12.0 Å². The highest BCUT2D eigenvalue weighted by Gasteiger charge is 2.67. The van der Waals surface area contributed by atoms with Crippen LogP contribution < -0.4 is 4.67 Å². The molecule has 4 aliphatic heterocycles. The molecule has 0 aliphatic carbocycles. The second-order valence-electron chi connectivity index (χ2n) is 2.84. The third-order valence-corrected chi connectivity index (χ3v) is 5.02. The Bertz CT molecular complexity index is 542. The first-order valence-corrected chi connectivity index (χ1v) is 4.98. The van der Waals surface area contributed by atoms with E-state index in [1.54, 1.807) is 4.34 Å². The second kappa shape index (κ2) is 1.08. The van der Waals surface area contributed by atoms with Crippen LogP contribution >= 0.6 is 7.44 Å². The standard InChI is InChI=1S/C5HN4O2P/c10-5-7-4-2-3-6-1-8(2)12(4,11)9(3)5/h1H. The molecule has 0 saturated heterocycles. The fourth-order valence-corrected chi connectivity index (χ4v) is 4.34. The lowest BCUT2D eigenvalue weighted by molar-refractivity contribution is 0.257. The van der Waals surface area contributed by atoms with E-state index in [0.29, 0.717) is 11.3 Å². The zero-order valence-corrected chi connectivity index (χ0v) is 6.52. The van der Waals surface area contributed by atoms with Crippen LogP contribution in [-0.4, -0.2) is 20.8 Å². The quantitative estimate of drug-likeness (QED) is 0.550. The Morgan fingerprint density at radius 3 is 3.00 bits per heavy atom. The topological polar surface area (TPSA) is 67.6 Å². The average Bonchev–Trinajstić information content (AvgIpc) is 2.64. The third-order valence-electron chi connectivity index (χ3n) is 2.36. The van der Waals surface area contributed by atoms with Crippen molar-refractivity contribution in [3.8, 4) is 0 Å². The second-order valence-corrected chi connectivity index (χ2v) is 5.18. The van der Waals surface area contributed by atoms with Crippen LogP contribution in [0.3, 0.4) is 0 Å². The molecule has 12 heavy (non-hydrogen) atoms. The summed E-state index contributed by atoms with van der Waals surface area (Å²) in [5, 5.41) is 0. The maximum Gasteiger partial charge on any atom is 0.357 e. The molecule has 4 aliphatic rings. The van der Waals surface area contributed by atoms with Gasteiger partial charge >= 0.3 is 13.5 Å². The number of anilines is 1. The Labute approximate surface area is 66.0 Å². The Hall–Kier alpha value is -1.42. The lowest BCUT2D eigenvalue weighted by Gasteiger charge is -2.22. The summed E-state index contributed by atoms with van der Waals surface area (Å²) in [6.45, 7) is 0. The monoisotopic (exact) mass is 180 g/mol. The van der Waals surface area contributed by atoms with E-state index < -0.39 is 13.5 Å². The van der Waals surface area contributed by atoms with Gasteiger partial charge in [-0.05, 0) is 0 Å². The van der Waals surface area contributed by atoms with Crippen LogP contribution in [0, 0.1) is 0 Å². The van der Waals surface area contributed by atoms with E-state index >= 15 is 0 Å². The maximum atomic E-state index is 12.0. The summed E-state index contributed by atoms with van der Waals surface area (Å²) < 4.78 is 14.7. The van der Waals surface area contributed by atoms with Gasteiger partial charge in [0.2, 0.25) is 0 Å². The van der Waals surface area contributed by atoms with Gasteiger partial charge in [-0.25, -0.2) is 14.4 Å². The molecule has 0 saturated carbocycles. The molecule has 0 spiro atoms. The van der Waals surface area contributed by atoms with Crippen LogP contribution in [0.5, 0.6) is 0 Å². The maximum absolute atomic E-state index is 12.0. The number of urea groups is 1. The normalized spacial score (nSPS) is 32.5. The Morgan fingerprint density at radius 2 is 2.33 bits per heavy atom. The first kappa shape index (κ1) is 5.27. The van der Waals surface area contributed by atoms with Crippen LogP contribution in [0.1, 0.15) is 5.69 Å². The smallest absolute Gasteiger partial charge is 0.267 e. The molecular weight excluding hydrogens is 179 g/mol. The number of aliphatic imine (C=N–C) groups is 1. The lowest BCUT2D eigenvalue weighted by atomic mass is 10.4. The summed E-state index contributed by atoms with van der Waals surface area (Å²) in [5.41, 5.74) is 1.21. The lowest BCUT2D eigenvalue weighted by Crippen LogP contribution is -2.23. The molecule has 1 aromatic heterocycles. The van der Waals surface area contributed by atoms with Crippen molar-refractivity contribution in [2.45, 2.75) is 0 Å². The minimum Gasteiger partial charge on any atom is -0.267 e. The molecule has 0 radical (unpaired) electrons. The first-order valence-electron chi connectivity index (χ1n) is 3.37. The number of imidazole rings is 1. The zero-order valence-electron chi connectivity index (χ0n) is 5.63. The molecule has 1 unspecified atom stereocenters. The molecule has 6 nitrogen and oxygen atoms in total. The molecule has 5 rings (SSSR count). The highest BCUT2D eigenvalue weighted by atomic mass is 31.2. The van der Waals surface area contributed by atoms with Gasteiger partial charge in [-0.2, -0.15) is 4.99 Å². The summed E-state index contributed by atoms with van der Waals surface area (Å²) >= 11 is 0. The Kier molecular flexibility index (Phi) is 0.473. The van der Waals surface area contributed by atoms with Crippen molar-refractivity contribution in [1.29, 1.82) is 0 Å². The summed E-state index contributed by atoms with van der Waals surface area (Å²) in [4.78, 5) is 18.7. The van der Waals surface area contributed by atoms with Crippen LogP contribution in [0.4, 0.5) is 10.6 Å². The number of rotatable bonds is 0. The molecule has 7 heteroatoms. The van der Waals surface area contributed by atoms with Gasteiger partial charge in [-0.3, -0.25) is 8.90 Å². The number of hydrogen-bond acceptors (Lipinski definition) is 3. The molecule has 58 valence electrons. The molecule has 5 heterocycles.